The third kappa shape index (κ3) is 6.43. The van der Waals surface area contributed by atoms with Crippen LogP contribution in [0.4, 0.5) is 5.82 Å². The van der Waals surface area contributed by atoms with Crippen LogP contribution in [-0.4, -0.2) is 53.8 Å². The molecule has 2 amide bonds. The van der Waals surface area contributed by atoms with Crippen molar-refractivity contribution in [2.45, 2.75) is 20.0 Å². The molecule has 1 aliphatic heterocycles. The van der Waals surface area contributed by atoms with E-state index < -0.39 is 0 Å². The highest BCUT2D eigenvalue weighted by atomic mass is 35.5. The summed E-state index contributed by atoms with van der Waals surface area (Å²) in [4.78, 5) is 32.2. The summed E-state index contributed by atoms with van der Waals surface area (Å²) in [7, 11) is 3.60. The molecule has 166 valence electrons. The van der Waals surface area contributed by atoms with E-state index in [0.717, 1.165) is 16.7 Å². The number of carbonyl (C=O) groups is 2. The molecule has 0 spiro atoms. The number of benzene rings is 1. The lowest BCUT2D eigenvalue weighted by atomic mass is 10.1. The molecule has 1 aromatic heterocycles. The van der Waals surface area contributed by atoms with Gasteiger partial charge in [-0.1, -0.05) is 23.7 Å². The minimum atomic E-state index is -0.155. The van der Waals surface area contributed by atoms with Crippen LogP contribution in [0, 0.1) is 0 Å². The molecule has 3 rings (SSSR count). The Morgan fingerprint density at radius 1 is 1.39 bits per heavy atom. The summed E-state index contributed by atoms with van der Waals surface area (Å²) in [5.41, 5.74) is 2.54. The lowest BCUT2D eigenvalue weighted by Crippen LogP contribution is -2.26. The topological polar surface area (TPSA) is 74.8 Å². The maximum atomic E-state index is 12.6. The first-order valence-corrected chi connectivity index (χ1v) is 10.1. The molecule has 7 nitrogen and oxygen atoms in total. The van der Waals surface area contributed by atoms with Crippen molar-refractivity contribution < 1.29 is 14.3 Å². The number of halogens is 2. The molecule has 0 aliphatic carbocycles. The number of ether oxygens (including phenoxy) is 1. The van der Waals surface area contributed by atoms with E-state index >= 15 is 0 Å². The van der Waals surface area contributed by atoms with Gasteiger partial charge < -0.3 is 15.0 Å². The smallest absolute Gasteiger partial charge is 0.246 e. The van der Waals surface area contributed by atoms with Crippen molar-refractivity contribution >= 4 is 47.7 Å². The van der Waals surface area contributed by atoms with E-state index in [-0.39, 0.29) is 24.2 Å². The molecule has 0 radical (unpaired) electrons. The summed E-state index contributed by atoms with van der Waals surface area (Å²) in [6.45, 7) is 3.68. The van der Waals surface area contributed by atoms with Gasteiger partial charge in [0.05, 0.1) is 18.2 Å². The van der Waals surface area contributed by atoms with Crippen LogP contribution in [-0.2, 0) is 22.7 Å². The monoisotopic (exact) mass is 464 g/mol. The van der Waals surface area contributed by atoms with Crippen molar-refractivity contribution in [2.75, 3.05) is 32.6 Å². The Balaban J connectivity index is 0.00000341. The molecule has 31 heavy (non-hydrogen) atoms. The third-order valence-corrected chi connectivity index (χ3v) is 4.94. The fourth-order valence-electron chi connectivity index (χ4n) is 3.23. The fraction of sp³-hybridized carbons (Fsp3) is 0.318. The van der Waals surface area contributed by atoms with E-state index in [4.69, 9.17) is 16.3 Å². The van der Waals surface area contributed by atoms with Gasteiger partial charge >= 0.3 is 0 Å². The van der Waals surface area contributed by atoms with Crippen LogP contribution in [0.25, 0.3) is 6.08 Å². The first kappa shape index (κ1) is 24.7. The predicted molar refractivity (Wildman–Crippen MR) is 125 cm³/mol. The second-order valence-corrected chi connectivity index (χ2v) is 7.59. The van der Waals surface area contributed by atoms with E-state index in [9.17, 15) is 9.59 Å². The van der Waals surface area contributed by atoms with Gasteiger partial charge in [-0.25, -0.2) is 4.98 Å². The minimum Gasteiger partial charge on any atom is -0.492 e. The van der Waals surface area contributed by atoms with Crippen LogP contribution >= 0.6 is 24.0 Å². The first-order chi connectivity index (χ1) is 14.4. The van der Waals surface area contributed by atoms with Crippen LogP contribution in [0.5, 0.6) is 5.75 Å². The van der Waals surface area contributed by atoms with E-state index in [0.29, 0.717) is 42.8 Å². The molecule has 0 fully saturated rings. The molecule has 1 aliphatic rings. The van der Waals surface area contributed by atoms with Gasteiger partial charge in [0, 0.05) is 43.5 Å². The summed E-state index contributed by atoms with van der Waals surface area (Å²) in [6, 6.07) is 7.43. The van der Waals surface area contributed by atoms with Crippen LogP contribution in [0.15, 0.2) is 36.5 Å². The molecule has 1 N–H and O–H groups in total. The van der Waals surface area contributed by atoms with Crippen molar-refractivity contribution in [2.24, 2.45) is 0 Å². The third-order valence-electron chi connectivity index (χ3n) is 4.64. The maximum absolute atomic E-state index is 12.6. The quantitative estimate of drug-likeness (QED) is 0.660. The number of rotatable bonds is 6. The largest absolute Gasteiger partial charge is 0.492 e. The number of nitrogens with one attached hydrogen (secondary N) is 1. The molecule has 0 unspecified atom stereocenters. The van der Waals surface area contributed by atoms with Crippen LogP contribution in [0.1, 0.15) is 23.6 Å². The summed E-state index contributed by atoms with van der Waals surface area (Å²) in [6.07, 6.45) is 4.87. The van der Waals surface area contributed by atoms with E-state index in [2.05, 4.69) is 10.3 Å². The Hall–Kier alpha value is -2.61. The first-order valence-electron chi connectivity index (χ1n) is 9.68. The minimum absolute atomic E-state index is 0. The average Bonchev–Trinajstić information content (AvgIpc) is 2.84. The van der Waals surface area contributed by atoms with Gasteiger partial charge in [-0.2, -0.15) is 0 Å². The molecule has 0 bridgehead atoms. The molecule has 9 heteroatoms. The average molecular weight is 465 g/mol. The Kier molecular flexibility index (Phi) is 8.86. The Morgan fingerprint density at radius 2 is 2.16 bits per heavy atom. The Labute approximate surface area is 193 Å². The normalized spacial score (nSPS) is 13.7. The lowest BCUT2D eigenvalue weighted by Gasteiger charge is -2.18. The van der Waals surface area contributed by atoms with E-state index in [1.165, 1.54) is 6.08 Å². The molecule has 0 atom stereocenters. The van der Waals surface area contributed by atoms with Crippen LogP contribution < -0.4 is 10.1 Å². The second-order valence-electron chi connectivity index (χ2n) is 7.19. The number of fused-ring (bicyclic) bond motifs is 1. The summed E-state index contributed by atoms with van der Waals surface area (Å²) in [5.74, 6) is 0.926. The number of para-hydroxylation sites is 1. The summed E-state index contributed by atoms with van der Waals surface area (Å²) in [5, 5.41) is 3.32. The van der Waals surface area contributed by atoms with Gasteiger partial charge in [0.15, 0.2) is 0 Å². The SMILES string of the molecule is CCOc1c(Cl)cccc1CN(C)C(=O)/C=C/c1cnc2c(c1)CN(C)CC(=O)N2.Cl. The van der Waals surface area contributed by atoms with Crippen LogP contribution in [0.2, 0.25) is 5.02 Å². The lowest BCUT2D eigenvalue weighted by molar-refractivity contribution is -0.125. The number of hydrogen-bond donors (Lipinski definition) is 1. The van der Waals surface area contributed by atoms with Gasteiger partial charge in [0.1, 0.15) is 11.6 Å². The molecule has 2 aromatic rings. The molecular formula is C22H26Cl2N4O3. The Bertz CT molecular complexity index is 981. The zero-order chi connectivity index (χ0) is 21.7. The number of anilines is 1. The van der Waals surface area contributed by atoms with Gasteiger partial charge in [-0.15, -0.1) is 12.4 Å². The number of likely N-dealkylation sites (N-methyl/N-ethyl adjacent to an activating group) is 2. The highest BCUT2D eigenvalue weighted by molar-refractivity contribution is 6.32. The van der Waals surface area contributed by atoms with Crippen molar-refractivity contribution in [1.82, 2.24) is 14.8 Å². The summed E-state index contributed by atoms with van der Waals surface area (Å²) < 4.78 is 5.63. The Morgan fingerprint density at radius 3 is 2.90 bits per heavy atom. The zero-order valence-electron chi connectivity index (χ0n) is 17.7. The predicted octanol–water partition coefficient (Wildman–Crippen LogP) is 3.61. The molecule has 0 saturated carbocycles. The van der Waals surface area contributed by atoms with Crippen molar-refractivity contribution in [1.29, 1.82) is 0 Å². The highest BCUT2D eigenvalue weighted by Gasteiger charge is 2.17. The van der Waals surface area contributed by atoms with E-state index in [1.54, 1.807) is 30.3 Å². The van der Waals surface area contributed by atoms with Gasteiger partial charge in [-0.3, -0.25) is 14.5 Å². The van der Waals surface area contributed by atoms with Gasteiger partial charge in [0.2, 0.25) is 11.8 Å². The second kappa shape index (κ2) is 11.1. The highest BCUT2D eigenvalue weighted by Crippen LogP contribution is 2.29. The molecule has 1 aromatic carbocycles. The number of pyridine rings is 1. The van der Waals surface area contributed by atoms with Crippen molar-refractivity contribution in [3.63, 3.8) is 0 Å². The molecular weight excluding hydrogens is 439 g/mol. The number of nitrogens with zero attached hydrogens (tertiary/aromatic N) is 3. The number of hydrogen-bond acceptors (Lipinski definition) is 5. The summed E-state index contributed by atoms with van der Waals surface area (Å²) >= 11 is 6.22. The fourth-order valence-corrected chi connectivity index (χ4v) is 3.48. The molecule has 0 saturated heterocycles. The van der Waals surface area contributed by atoms with E-state index in [1.807, 2.05) is 37.1 Å². The number of aromatic nitrogens is 1. The number of amides is 2. The standard InChI is InChI=1S/C22H25ClN4O3.ClH/c1-4-30-21-16(6-5-7-18(21)23)13-27(3)20(29)9-8-15-10-17-12-26(2)14-19(28)25-22(17)24-11-15;/h5-11H,4,12-14H2,1-3H3,(H,24,25,28);1H/b9-8+;. The maximum Gasteiger partial charge on any atom is 0.246 e. The van der Waals surface area contributed by atoms with Gasteiger partial charge in [0.25, 0.3) is 0 Å². The van der Waals surface area contributed by atoms with Crippen molar-refractivity contribution in [3.05, 3.63) is 58.3 Å². The zero-order valence-corrected chi connectivity index (χ0v) is 19.3. The van der Waals surface area contributed by atoms with Crippen LogP contribution in [0.3, 0.4) is 0 Å². The number of carbonyl (C=O) groups excluding carboxylic acids is 2. The molecule has 2 heterocycles. The van der Waals surface area contributed by atoms with Crippen molar-refractivity contribution in [3.8, 4) is 5.75 Å². The van der Waals surface area contributed by atoms with Gasteiger partial charge in [-0.05, 0) is 37.7 Å².